The summed E-state index contributed by atoms with van der Waals surface area (Å²) in [7, 11) is 0. The Bertz CT molecular complexity index is 1260. The molecule has 0 aliphatic carbocycles. The minimum Gasteiger partial charge on any atom is -0.310 e. The van der Waals surface area contributed by atoms with E-state index in [1.165, 1.54) is 23.0 Å². The fourth-order valence-corrected chi connectivity index (χ4v) is 4.03. The Morgan fingerprint density at radius 1 is 1.10 bits per heavy atom. The molecule has 0 bridgehead atoms. The van der Waals surface area contributed by atoms with E-state index in [1.54, 1.807) is 0 Å². The van der Waals surface area contributed by atoms with Gasteiger partial charge in [0.1, 0.15) is 10.7 Å². The maximum absolute atomic E-state index is 12.7. The summed E-state index contributed by atoms with van der Waals surface area (Å²) in [5.41, 5.74) is 3.39. The quantitative estimate of drug-likeness (QED) is 0.496. The van der Waals surface area contributed by atoms with E-state index in [4.69, 9.17) is 0 Å². The Kier molecular flexibility index (Phi) is 4.74. The van der Waals surface area contributed by atoms with Gasteiger partial charge < -0.3 is 4.98 Å². The molecule has 29 heavy (non-hydrogen) atoms. The van der Waals surface area contributed by atoms with Crippen LogP contribution in [0.25, 0.3) is 21.3 Å². The molecule has 0 aliphatic rings. The summed E-state index contributed by atoms with van der Waals surface area (Å²) in [6, 6.07) is 8.30. The van der Waals surface area contributed by atoms with E-state index in [9.17, 15) is 18.0 Å². The number of hydrogen-bond acceptors (Lipinski definition) is 4. The molecule has 0 amide bonds. The van der Waals surface area contributed by atoms with Gasteiger partial charge in [0, 0.05) is 29.3 Å². The molecule has 0 saturated carbocycles. The zero-order chi connectivity index (χ0) is 20.8. The number of aryl methyl sites for hydroxylation is 2. The molecule has 4 aromatic rings. The highest BCUT2D eigenvalue weighted by Crippen LogP contribution is 2.32. The summed E-state index contributed by atoms with van der Waals surface area (Å²) in [5, 5.41) is 2.42. The molecule has 1 N–H and O–H groups in total. The summed E-state index contributed by atoms with van der Waals surface area (Å²) in [4.78, 5) is 24.4. The van der Waals surface area contributed by atoms with Crippen LogP contribution in [-0.2, 0) is 12.6 Å². The summed E-state index contributed by atoms with van der Waals surface area (Å²) in [6.45, 7) is 4.05. The van der Waals surface area contributed by atoms with Crippen molar-refractivity contribution in [1.29, 1.82) is 0 Å². The second kappa shape index (κ2) is 7.11. The predicted octanol–water partition coefficient (Wildman–Crippen LogP) is 5.27. The second-order valence-electron chi connectivity index (χ2n) is 6.85. The number of aromatic nitrogens is 3. The van der Waals surface area contributed by atoms with E-state index in [0.29, 0.717) is 21.7 Å². The molecule has 0 unspecified atom stereocenters. The first-order chi connectivity index (χ1) is 13.7. The number of fused-ring (bicyclic) bond motifs is 1. The van der Waals surface area contributed by atoms with Gasteiger partial charge in [-0.25, -0.2) is 4.98 Å². The van der Waals surface area contributed by atoms with Gasteiger partial charge in [0.15, 0.2) is 0 Å². The average Bonchev–Trinajstić information content (AvgIpc) is 3.08. The number of hydrogen-bond donors (Lipinski definition) is 1. The minimum atomic E-state index is -4.43. The highest BCUT2D eigenvalue weighted by Gasteiger charge is 2.30. The van der Waals surface area contributed by atoms with Crippen LogP contribution in [0.1, 0.15) is 28.2 Å². The van der Waals surface area contributed by atoms with Crippen molar-refractivity contribution in [3.05, 3.63) is 80.5 Å². The fraction of sp³-hybridized carbons (Fsp3) is 0.190. The monoisotopic (exact) mass is 415 g/mol. The van der Waals surface area contributed by atoms with Crippen molar-refractivity contribution in [2.24, 2.45) is 0 Å². The molecule has 4 rings (SSSR count). The number of aromatic amines is 1. The molecule has 3 aromatic heterocycles. The SMILES string of the molecule is Cc1ccc(-c2csc3nc(Cc4ccc(C(F)(F)F)cn4)[nH]c(=O)c23)cc1C. The molecule has 1 aromatic carbocycles. The minimum absolute atomic E-state index is 0.139. The third-order valence-electron chi connectivity index (χ3n) is 4.81. The molecule has 0 saturated heterocycles. The molecule has 4 nitrogen and oxygen atoms in total. The Hall–Kier alpha value is -3.00. The number of benzene rings is 1. The van der Waals surface area contributed by atoms with Crippen LogP contribution in [0.15, 0.2) is 46.7 Å². The van der Waals surface area contributed by atoms with Gasteiger partial charge in [-0.2, -0.15) is 13.2 Å². The standard InChI is InChI=1S/C21H16F3N3OS/c1-11-3-4-13(7-12(11)2)16-10-29-20-18(16)19(28)26-17(27-20)8-15-6-5-14(9-25-15)21(22,23)24/h3-7,9-10H,8H2,1-2H3,(H,26,27,28). The number of halogens is 3. The summed E-state index contributed by atoms with van der Waals surface area (Å²) < 4.78 is 38.0. The van der Waals surface area contributed by atoms with Crippen LogP contribution in [0, 0.1) is 13.8 Å². The molecule has 0 fully saturated rings. The number of rotatable bonds is 3. The highest BCUT2D eigenvalue weighted by molar-refractivity contribution is 7.17. The van der Waals surface area contributed by atoms with Crippen molar-refractivity contribution >= 4 is 21.6 Å². The summed E-state index contributed by atoms with van der Waals surface area (Å²) >= 11 is 1.36. The summed E-state index contributed by atoms with van der Waals surface area (Å²) in [5.74, 6) is 0.364. The maximum atomic E-state index is 12.7. The molecule has 0 atom stereocenters. The number of H-pyrrole nitrogens is 1. The zero-order valence-electron chi connectivity index (χ0n) is 15.6. The summed E-state index contributed by atoms with van der Waals surface area (Å²) in [6.07, 6.45) is -3.51. The molecule has 0 aliphatic heterocycles. The zero-order valence-corrected chi connectivity index (χ0v) is 16.4. The molecule has 0 spiro atoms. The third-order valence-corrected chi connectivity index (χ3v) is 5.68. The van der Waals surface area contributed by atoms with Gasteiger partial charge in [-0.1, -0.05) is 18.2 Å². The lowest BCUT2D eigenvalue weighted by Crippen LogP contribution is -2.12. The molecule has 148 valence electrons. The third kappa shape index (κ3) is 3.80. The lowest BCUT2D eigenvalue weighted by molar-refractivity contribution is -0.137. The van der Waals surface area contributed by atoms with Crippen molar-refractivity contribution in [3.8, 4) is 11.1 Å². The smallest absolute Gasteiger partial charge is 0.310 e. The highest BCUT2D eigenvalue weighted by atomic mass is 32.1. The van der Waals surface area contributed by atoms with Crippen LogP contribution in [0.2, 0.25) is 0 Å². The van der Waals surface area contributed by atoms with Gasteiger partial charge >= 0.3 is 6.18 Å². The molecular formula is C21H16F3N3OS. The van der Waals surface area contributed by atoms with E-state index in [1.807, 2.05) is 37.4 Å². The van der Waals surface area contributed by atoms with E-state index >= 15 is 0 Å². The molecule has 0 radical (unpaired) electrons. The van der Waals surface area contributed by atoms with Crippen molar-refractivity contribution in [3.63, 3.8) is 0 Å². The number of nitrogens with zero attached hydrogens (tertiary/aromatic N) is 2. The van der Waals surface area contributed by atoms with Gasteiger partial charge in [-0.15, -0.1) is 11.3 Å². The van der Waals surface area contributed by atoms with Crippen LogP contribution in [0.3, 0.4) is 0 Å². The first-order valence-electron chi connectivity index (χ1n) is 8.82. The number of alkyl halides is 3. The van der Waals surface area contributed by atoms with Crippen LogP contribution < -0.4 is 5.56 Å². The van der Waals surface area contributed by atoms with Crippen LogP contribution >= 0.6 is 11.3 Å². The Morgan fingerprint density at radius 3 is 2.55 bits per heavy atom. The normalized spacial score (nSPS) is 11.9. The van der Waals surface area contributed by atoms with E-state index in [2.05, 4.69) is 15.0 Å². The van der Waals surface area contributed by atoms with Gasteiger partial charge in [0.2, 0.25) is 0 Å². The molecule has 3 heterocycles. The topological polar surface area (TPSA) is 58.6 Å². The van der Waals surface area contributed by atoms with Crippen molar-refractivity contribution in [2.75, 3.05) is 0 Å². The Labute approximate surface area is 168 Å². The molecule has 8 heteroatoms. The van der Waals surface area contributed by atoms with Gasteiger partial charge in [-0.05, 0) is 42.7 Å². The number of nitrogens with one attached hydrogen (secondary N) is 1. The number of thiophene rings is 1. The lowest BCUT2D eigenvalue weighted by atomic mass is 10.0. The maximum Gasteiger partial charge on any atom is 0.417 e. The predicted molar refractivity (Wildman–Crippen MR) is 107 cm³/mol. The molecular weight excluding hydrogens is 399 g/mol. The van der Waals surface area contributed by atoms with E-state index in [-0.39, 0.29) is 12.0 Å². The van der Waals surface area contributed by atoms with Gasteiger partial charge in [0.25, 0.3) is 5.56 Å². The Balaban J connectivity index is 1.68. The largest absolute Gasteiger partial charge is 0.417 e. The van der Waals surface area contributed by atoms with E-state index < -0.39 is 11.7 Å². The van der Waals surface area contributed by atoms with Crippen LogP contribution in [0.5, 0.6) is 0 Å². The van der Waals surface area contributed by atoms with Gasteiger partial charge in [0.05, 0.1) is 10.9 Å². The second-order valence-corrected chi connectivity index (χ2v) is 7.71. The van der Waals surface area contributed by atoms with Crippen LogP contribution in [0.4, 0.5) is 13.2 Å². The van der Waals surface area contributed by atoms with E-state index in [0.717, 1.165) is 29.0 Å². The lowest BCUT2D eigenvalue weighted by Gasteiger charge is -2.07. The Morgan fingerprint density at radius 2 is 1.90 bits per heavy atom. The van der Waals surface area contributed by atoms with Crippen molar-refractivity contribution in [2.45, 2.75) is 26.4 Å². The van der Waals surface area contributed by atoms with Gasteiger partial charge in [-0.3, -0.25) is 9.78 Å². The average molecular weight is 415 g/mol. The van der Waals surface area contributed by atoms with Crippen LogP contribution in [-0.4, -0.2) is 15.0 Å². The first-order valence-corrected chi connectivity index (χ1v) is 9.70. The van der Waals surface area contributed by atoms with Crippen molar-refractivity contribution < 1.29 is 13.2 Å². The first kappa shape index (κ1) is 19.3. The van der Waals surface area contributed by atoms with Crippen molar-refractivity contribution in [1.82, 2.24) is 15.0 Å². The fourth-order valence-electron chi connectivity index (χ4n) is 3.07. The number of pyridine rings is 1.